The summed E-state index contributed by atoms with van der Waals surface area (Å²) in [5, 5.41) is 9.88. The zero-order chi connectivity index (χ0) is 13.5. The Hall–Kier alpha value is -1.07. The molecule has 1 aliphatic heterocycles. The SMILES string of the molecule is O=S1(=O)CCC(Oc2ccc3c(c2)CCCC3O)C1. The van der Waals surface area contributed by atoms with Crippen molar-refractivity contribution in [1.82, 2.24) is 0 Å². The molecule has 0 amide bonds. The number of sulfone groups is 1. The van der Waals surface area contributed by atoms with Crippen LogP contribution in [0.15, 0.2) is 18.2 Å². The molecule has 19 heavy (non-hydrogen) atoms. The Balaban J connectivity index is 1.76. The van der Waals surface area contributed by atoms with Gasteiger partial charge in [0.25, 0.3) is 0 Å². The van der Waals surface area contributed by atoms with Gasteiger partial charge in [-0.2, -0.15) is 0 Å². The molecule has 0 radical (unpaired) electrons. The molecule has 104 valence electrons. The number of aliphatic hydroxyl groups is 1. The van der Waals surface area contributed by atoms with Crippen LogP contribution in [-0.2, 0) is 16.3 Å². The average molecular weight is 282 g/mol. The lowest BCUT2D eigenvalue weighted by Crippen LogP contribution is -2.18. The minimum atomic E-state index is -2.91. The van der Waals surface area contributed by atoms with Crippen molar-refractivity contribution in [2.75, 3.05) is 11.5 Å². The van der Waals surface area contributed by atoms with Gasteiger partial charge in [-0.3, -0.25) is 0 Å². The Morgan fingerprint density at radius 2 is 2.11 bits per heavy atom. The van der Waals surface area contributed by atoms with Crippen LogP contribution in [0.3, 0.4) is 0 Å². The lowest BCUT2D eigenvalue weighted by Gasteiger charge is -2.22. The largest absolute Gasteiger partial charge is 0.489 e. The van der Waals surface area contributed by atoms with Crippen LogP contribution in [0.1, 0.15) is 36.5 Å². The third-order valence-corrected chi connectivity index (χ3v) is 5.63. The lowest BCUT2D eigenvalue weighted by molar-refractivity contribution is 0.156. The van der Waals surface area contributed by atoms with Crippen molar-refractivity contribution in [3.63, 3.8) is 0 Å². The Kier molecular flexibility index (Phi) is 3.27. The molecule has 2 unspecified atom stereocenters. The Labute approximate surface area is 113 Å². The molecule has 1 saturated heterocycles. The van der Waals surface area contributed by atoms with E-state index in [0.717, 1.165) is 36.1 Å². The maximum Gasteiger partial charge on any atom is 0.154 e. The predicted molar refractivity (Wildman–Crippen MR) is 72.0 cm³/mol. The molecule has 1 heterocycles. The molecule has 3 rings (SSSR count). The van der Waals surface area contributed by atoms with Gasteiger partial charge in [-0.1, -0.05) is 6.07 Å². The summed E-state index contributed by atoms with van der Waals surface area (Å²) in [5.41, 5.74) is 2.11. The number of hydrogen-bond acceptors (Lipinski definition) is 4. The standard InChI is InChI=1S/C14H18O4S/c15-14-3-1-2-10-8-11(4-5-13(10)14)18-12-6-7-19(16,17)9-12/h4-5,8,12,14-15H,1-3,6-7,9H2. The van der Waals surface area contributed by atoms with E-state index in [1.165, 1.54) is 0 Å². The monoisotopic (exact) mass is 282 g/mol. The maximum atomic E-state index is 11.4. The van der Waals surface area contributed by atoms with E-state index in [-0.39, 0.29) is 23.7 Å². The molecule has 2 atom stereocenters. The highest BCUT2D eigenvalue weighted by Crippen LogP contribution is 2.32. The summed E-state index contributed by atoms with van der Waals surface area (Å²) in [5.74, 6) is 1.06. The normalized spacial score (nSPS) is 28.9. The fourth-order valence-electron chi connectivity index (χ4n) is 2.88. The summed E-state index contributed by atoms with van der Waals surface area (Å²) in [6, 6.07) is 5.68. The summed E-state index contributed by atoms with van der Waals surface area (Å²) in [7, 11) is -2.91. The van der Waals surface area contributed by atoms with E-state index in [0.29, 0.717) is 6.42 Å². The fourth-order valence-corrected chi connectivity index (χ4v) is 4.47. The van der Waals surface area contributed by atoms with E-state index < -0.39 is 9.84 Å². The summed E-state index contributed by atoms with van der Waals surface area (Å²) in [6.07, 6.45) is 2.72. The van der Waals surface area contributed by atoms with Crippen molar-refractivity contribution in [3.05, 3.63) is 29.3 Å². The molecular formula is C14H18O4S. The van der Waals surface area contributed by atoms with Gasteiger partial charge in [0.15, 0.2) is 9.84 Å². The molecule has 1 fully saturated rings. The third-order valence-electron chi connectivity index (χ3n) is 3.89. The smallest absolute Gasteiger partial charge is 0.154 e. The number of rotatable bonds is 2. The first-order chi connectivity index (χ1) is 9.03. The van der Waals surface area contributed by atoms with E-state index >= 15 is 0 Å². The molecule has 0 spiro atoms. The van der Waals surface area contributed by atoms with Crippen LogP contribution < -0.4 is 4.74 Å². The predicted octanol–water partition coefficient (Wildman–Crippen LogP) is 1.62. The second-order valence-electron chi connectivity index (χ2n) is 5.41. The summed E-state index contributed by atoms with van der Waals surface area (Å²) >= 11 is 0. The molecule has 1 aliphatic carbocycles. The quantitative estimate of drug-likeness (QED) is 0.895. The van der Waals surface area contributed by atoms with Gasteiger partial charge < -0.3 is 9.84 Å². The van der Waals surface area contributed by atoms with Gasteiger partial charge >= 0.3 is 0 Å². The van der Waals surface area contributed by atoms with E-state index in [2.05, 4.69) is 0 Å². The minimum absolute atomic E-state index is 0.118. The van der Waals surface area contributed by atoms with Crippen LogP contribution in [0.5, 0.6) is 5.75 Å². The molecule has 1 aromatic rings. The van der Waals surface area contributed by atoms with E-state index in [4.69, 9.17) is 4.74 Å². The molecule has 4 nitrogen and oxygen atoms in total. The van der Waals surface area contributed by atoms with Crippen molar-refractivity contribution >= 4 is 9.84 Å². The lowest BCUT2D eigenvalue weighted by atomic mass is 9.89. The van der Waals surface area contributed by atoms with Gasteiger partial charge in [0.2, 0.25) is 0 Å². The van der Waals surface area contributed by atoms with Crippen LogP contribution in [0, 0.1) is 0 Å². The van der Waals surface area contributed by atoms with Crippen molar-refractivity contribution in [1.29, 1.82) is 0 Å². The summed E-state index contributed by atoms with van der Waals surface area (Å²) < 4.78 is 28.5. The van der Waals surface area contributed by atoms with Gasteiger partial charge in [0, 0.05) is 0 Å². The fraction of sp³-hybridized carbons (Fsp3) is 0.571. The van der Waals surface area contributed by atoms with E-state index in [1.54, 1.807) is 0 Å². The first kappa shape index (κ1) is 12.9. The van der Waals surface area contributed by atoms with Crippen LogP contribution in [0.2, 0.25) is 0 Å². The van der Waals surface area contributed by atoms with Crippen LogP contribution in [0.4, 0.5) is 0 Å². The van der Waals surface area contributed by atoms with Crippen molar-refractivity contribution in [2.45, 2.75) is 37.9 Å². The first-order valence-corrected chi connectivity index (χ1v) is 8.54. The molecule has 2 aliphatic rings. The Bertz CT molecular complexity index is 579. The van der Waals surface area contributed by atoms with Crippen LogP contribution >= 0.6 is 0 Å². The molecule has 0 saturated carbocycles. The van der Waals surface area contributed by atoms with E-state index in [1.807, 2.05) is 18.2 Å². The number of aliphatic hydroxyl groups excluding tert-OH is 1. The zero-order valence-electron chi connectivity index (χ0n) is 10.7. The Morgan fingerprint density at radius 3 is 2.84 bits per heavy atom. The number of hydrogen-bond donors (Lipinski definition) is 1. The molecular weight excluding hydrogens is 264 g/mol. The molecule has 1 aromatic carbocycles. The van der Waals surface area contributed by atoms with Crippen LogP contribution in [0.25, 0.3) is 0 Å². The summed E-state index contributed by atoms with van der Waals surface area (Å²) in [6.45, 7) is 0. The zero-order valence-corrected chi connectivity index (χ0v) is 11.5. The van der Waals surface area contributed by atoms with Crippen LogP contribution in [-0.4, -0.2) is 31.1 Å². The number of ether oxygens (including phenoxy) is 1. The summed E-state index contributed by atoms with van der Waals surface area (Å²) in [4.78, 5) is 0. The highest BCUT2D eigenvalue weighted by Gasteiger charge is 2.29. The third kappa shape index (κ3) is 2.77. The number of aryl methyl sites for hydroxylation is 1. The second-order valence-corrected chi connectivity index (χ2v) is 7.64. The van der Waals surface area contributed by atoms with Gasteiger partial charge in [0.05, 0.1) is 17.6 Å². The van der Waals surface area contributed by atoms with Gasteiger partial charge in [-0.05, 0) is 48.9 Å². The van der Waals surface area contributed by atoms with Gasteiger partial charge in [0.1, 0.15) is 11.9 Å². The molecule has 0 bridgehead atoms. The van der Waals surface area contributed by atoms with Gasteiger partial charge in [-0.25, -0.2) is 8.42 Å². The van der Waals surface area contributed by atoms with Crippen molar-refractivity contribution < 1.29 is 18.3 Å². The first-order valence-electron chi connectivity index (χ1n) is 6.71. The maximum absolute atomic E-state index is 11.4. The van der Waals surface area contributed by atoms with Crippen molar-refractivity contribution in [3.8, 4) is 5.75 Å². The number of benzene rings is 1. The highest BCUT2D eigenvalue weighted by atomic mass is 32.2. The average Bonchev–Trinajstić information content (AvgIpc) is 2.69. The Morgan fingerprint density at radius 1 is 1.26 bits per heavy atom. The van der Waals surface area contributed by atoms with Gasteiger partial charge in [-0.15, -0.1) is 0 Å². The second kappa shape index (κ2) is 4.80. The topological polar surface area (TPSA) is 63.6 Å². The van der Waals surface area contributed by atoms with E-state index in [9.17, 15) is 13.5 Å². The molecule has 5 heteroatoms. The molecule has 1 N–H and O–H groups in total. The van der Waals surface area contributed by atoms with Crippen molar-refractivity contribution in [2.24, 2.45) is 0 Å². The number of fused-ring (bicyclic) bond motifs is 1. The minimum Gasteiger partial charge on any atom is -0.489 e. The molecule has 0 aromatic heterocycles. The highest BCUT2D eigenvalue weighted by molar-refractivity contribution is 7.91.